The SMILES string of the molecule is O=C(O)c1ccc(C2CC2)c(S(=O)(=O)Nc2cc(C(F)(F)F)ccc2OC2CCCC2)c1. The molecule has 0 spiro atoms. The van der Waals surface area contributed by atoms with E-state index in [0.29, 0.717) is 11.6 Å². The highest BCUT2D eigenvalue weighted by Crippen LogP contribution is 2.44. The summed E-state index contributed by atoms with van der Waals surface area (Å²) in [6.45, 7) is 0. The maximum Gasteiger partial charge on any atom is 0.416 e. The molecule has 2 N–H and O–H groups in total. The van der Waals surface area contributed by atoms with E-state index in [4.69, 9.17) is 4.74 Å². The molecule has 0 saturated heterocycles. The van der Waals surface area contributed by atoms with Gasteiger partial charge in [-0.15, -0.1) is 0 Å². The number of carbonyl (C=O) groups is 1. The van der Waals surface area contributed by atoms with Crippen molar-refractivity contribution in [3.8, 4) is 5.75 Å². The van der Waals surface area contributed by atoms with Gasteiger partial charge in [0.2, 0.25) is 0 Å². The van der Waals surface area contributed by atoms with Gasteiger partial charge in [0, 0.05) is 0 Å². The molecule has 0 unspecified atom stereocenters. The number of ether oxygens (including phenoxy) is 1. The van der Waals surface area contributed by atoms with Crippen molar-refractivity contribution >= 4 is 21.7 Å². The van der Waals surface area contributed by atoms with Gasteiger partial charge in [0.1, 0.15) is 5.75 Å². The van der Waals surface area contributed by atoms with Crippen molar-refractivity contribution < 1.29 is 36.2 Å². The third kappa shape index (κ3) is 4.85. The summed E-state index contributed by atoms with van der Waals surface area (Å²) in [6.07, 6.45) is -0.0258. The number of alkyl halides is 3. The molecule has 0 atom stereocenters. The molecule has 2 fully saturated rings. The lowest BCUT2D eigenvalue weighted by Crippen LogP contribution is -2.19. The topological polar surface area (TPSA) is 92.7 Å². The zero-order valence-electron chi connectivity index (χ0n) is 17.0. The minimum atomic E-state index is -4.67. The second-order valence-electron chi connectivity index (χ2n) is 8.17. The van der Waals surface area contributed by atoms with Crippen molar-refractivity contribution in [2.45, 2.75) is 61.6 Å². The molecular formula is C22H22F3NO5S. The second-order valence-corrected chi connectivity index (χ2v) is 9.82. The van der Waals surface area contributed by atoms with E-state index < -0.39 is 27.7 Å². The monoisotopic (exact) mass is 469 g/mol. The normalized spacial score (nSPS) is 17.3. The number of hydrogen-bond acceptors (Lipinski definition) is 4. The summed E-state index contributed by atoms with van der Waals surface area (Å²) in [4.78, 5) is 11.1. The Morgan fingerprint density at radius 2 is 1.72 bits per heavy atom. The van der Waals surface area contributed by atoms with Gasteiger partial charge in [-0.1, -0.05) is 6.07 Å². The predicted octanol–water partition coefficient (Wildman–Crippen LogP) is 5.40. The van der Waals surface area contributed by atoms with Gasteiger partial charge in [-0.05, 0) is 80.3 Å². The summed E-state index contributed by atoms with van der Waals surface area (Å²) < 4.78 is 74.4. The minimum Gasteiger partial charge on any atom is -0.488 e. The second kappa shape index (κ2) is 8.31. The average molecular weight is 469 g/mol. The Morgan fingerprint density at radius 3 is 2.31 bits per heavy atom. The summed E-state index contributed by atoms with van der Waals surface area (Å²) in [5.41, 5.74) is -1.11. The van der Waals surface area contributed by atoms with Gasteiger partial charge in [0.25, 0.3) is 10.0 Å². The van der Waals surface area contributed by atoms with Crippen LogP contribution in [-0.2, 0) is 16.2 Å². The summed E-state index contributed by atoms with van der Waals surface area (Å²) >= 11 is 0. The van der Waals surface area contributed by atoms with Crippen molar-refractivity contribution in [3.63, 3.8) is 0 Å². The molecular weight excluding hydrogens is 447 g/mol. The maximum absolute atomic E-state index is 13.3. The Bertz CT molecular complexity index is 1140. The van der Waals surface area contributed by atoms with E-state index in [2.05, 4.69) is 4.72 Å². The summed E-state index contributed by atoms with van der Waals surface area (Å²) in [5.74, 6) is -1.32. The fraction of sp³-hybridized carbons (Fsp3) is 0.409. The number of anilines is 1. The van der Waals surface area contributed by atoms with Crippen molar-refractivity contribution in [2.75, 3.05) is 4.72 Å². The Hall–Kier alpha value is -2.75. The van der Waals surface area contributed by atoms with Crippen molar-refractivity contribution in [2.24, 2.45) is 0 Å². The first-order valence-corrected chi connectivity index (χ1v) is 11.8. The smallest absolute Gasteiger partial charge is 0.416 e. The Morgan fingerprint density at radius 1 is 1.03 bits per heavy atom. The van der Waals surface area contributed by atoms with E-state index in [0.717, 1.165) is 56.7 Å². The number of rotatable bonds is 7. The molecule has 0 aliphatic heterocycles. The Labute approximate surface area is 183 Å². The molecule has 2 saturated carbocycles. The number of halogens is 3. The molecule has 0 amide bonds. The van der Waals surface area contributed by atoms with Crippen LogP contribution >= 0.6 is 0 Å². The van der Waals surface area contributed by atoms with Gasteiger partial charge in [-0.25, -0.2) is 13.2 Å². The van der Waals surface area contributed by atoms with Crippen LogP contribution in [0.5, 0.6) is 5.75 Å². The predicted molar refractivity (Wildman–Crippen MR) is 111 cm³/mol. The number of carboxylic acids is 1. The largest absolute Gasteiger partial charge is 0.488 e. The van der Waals surface area contributed by atoms with Crippen LogP contribution in [0.3, 0.4) is 0 Å². The highest BCUT2D eigenvalue weighted by Gasteiger charge is 2.34. The molecule has 2 aliphatic carbocycles. The van der Waals surface area contributed by atoms with Gasteiger partial charge in [-0.2, -0.15) is 13.2 Å². The summed E-state index contributed by atoms with van der Waals surface area (Å²) in [6, 6.07) is 6.51. The van der Waals surface area contributed by atoms with Crippen LogP contribution < -0.4 is 9.46 Å². The Balaban J connectivity index is 1.74. The standard InChI is InChI=1S/C22H22F3NO5S/c23-22(24,25)15-8-10-19(31-16-3-1-2-4-16)18(12-15)26-32(29,30)20-11-14(21(27)28)7-9-17(20)13-5-6-13/h7-13,16,26H,1-6H2,(H,27,28). The number of carboxylic acid groups (broad SMARTS) is 1. The van der Waals surface area contributed by atoms with Gasteiger partial charge in [0.05, 0.1) is 27.8 Å². The van der Waals surface area contributed by atoms with Crippen LogP contribution in [0.25, 0.3) is 0 Å². The molecule has 2 aromatic carbocycles. The van der Waals surface area contributed by atoms with E-state index in [-0.39, 0.29) is 33.9 Å². The molecule has 0 bridgehead atoms. The highest BCUT2D eigenvalue weighted by molar-refractivity contribution is 7.92. The first-order valence-electron chi connectivity index (χ1n) is 10.3. The van der Waals surface area contributed by atoms with Gasteiger partial charge >= 0.3 is 12.1 Å². The van der Waals surface area contributed by atoms with E-state index >= 15 is 0 Å². The third-order valence-corrected chi connectivity index (χ3v) is 7.14. The van der Waals surface area contributed by atoms with E-state index in [1.807, 2.05) is 0 Å². The van der Waals surface area contributed by atoms with Crippen molar-refractivity contribution in [1.29, 1.82) is 0 Å². The zero-order chi connectivity index (χ0) is 23.1. The lowest BCUT2D eigenvalue weighted by molar-refractivity contribution is -0.137. The fourth-order valence-corrected chi connectivity index (χ4v) is 5.29. The number of nitrogens with one attached hydrogen (secondary N) is 1. The molecule has 0 radical (unpaired) electrons. The van der Waals surface area contributed by atoms with Gasteiger partial charge < -0.3 is 9.84 Å². The first kappa shape index (κ1) is 22.4. The zero-order valence-corrected chi connectivity index (χ0v) is 17.8. The van der Waals surface area contributed by atoms with Gasteiger partial charge in [-0.3, -0.25) is 4.72 Å². The fourth-order valence-electron chi connectivity index (χ4n) is 3.91. The summed E-state index contributed by atoms with van der Waals surface area (Å²) in [5, 5.41) is 9.28. The maximum atomic E-state index is 13.3. The third-order valence-electron chi connectivity index (χ3n) is 5.71. The number of aromatic carboxylic acids is 1. The van der Waals surface area contributed by atoms with Crippen LogP contribution in [-0.4, -0.2) is 25.6 Å². The molecule has 172 valence electrons. The summed E-state index contributed by atoms with van der Waals surface area (Å²) in [7, 11) is -4.38. The Kier molecular flexibility index (Phi) is 5.83. The average Bonchev–Trinajstić information content (AvgIpc) is 3.44. The first-order chi connectivity index (χ1) is 15.0. The molecule has 0 aromatic heterocycles. The molecule has 2 aromatic rings. The van der Waals surface area contributed by atoms with E-state index in [9.17, 15) is 31.5 Å². The van der Waals surface area contributed by atoms with Crippen molar-refractivity contribution in [1.82, 2.24) is 0 Å². The van der Waals surface area contributed by atoms with Crippen LogP contribution in [0.15, 0.2) is 41.3 Å². The van der Waals surface area contributed by atoms with Gasteiger partial charge in [0.15, 0.2) is 0 Å². The van der Waals surface area contributed by atoms with Crippen LogP contribution in [0, 0.1) is 0 Å². The lowest BCUT2D eigenvalue weighted by Gasteiger charge is -2.20. The van der Waals surface area contributed by atoms with Crippen LogP contribution in [0.1, 0.15) is 65.9 Å². The molecule has 10 heteroatoms. The highest BCUT2D eigenvalue weighted by atomic mass is 32.2. The van der Waals surface area contributed by atoms with E-state index in [1.165, 1.54) is 12.1 Å². The van der Waals surface area contributed by atoms with Crippen LogP contribution in [0.2, 0.25) is 0 Å². The number of sulfonamides is 1. The molecule has 6 nitrogen and oxygen atoms in total. The molecule has 0 heterocycles. The molecule has 2 aliphatic rings. The lowest BCUT2D eigenvalue weighted by atomic mass is 10.1. The molecule has 32 heavy (non-hydrogen) atoms. The molecule has 4 rings (SSSR count). The number of benzene rings is 2. The van der Waals surface area contributed by atoms with Crippen molar-refractivity contribution in [3.05, 3.63) is 53.1 Å². The quantitative estimate of drug-likeness (QED) is 0.566. The minimum absolute atomic E-state index is 0.0100. The van der Waals surface area contributed by atoms with E-state index in [1.54, 1.807) is 0 Å². The van der Waals surface area contributed by atoms with Crippen LogP contribution in [0.4, 0.5) is 18.9 Å². The number of hydrogen-bond donors (Lipinski definition) is 2.